The number of anilines is 1. The summed E-state index contributed by atoms with van der Waals surface area (Å²) in [5.74, 6) is 2.01. The average molecular weight is 305 g/mol. The van der Waals surface area contributed by atoms with Crippen LogP contribution in [0.1, 0.15) is 25.5 Å². The van der Waals surface area contributed by atoms with Crippen LogP contribution in [0.25, 0.3) is 0 Å². The third-order valence-electron chi connectivity index (χ3n) is 2.92. The van der Waals surface area contributed by atoms with Gasteiger partial charge in [0.1, 0.15) is 5.75 Å². The molecule has 1 heterocycles. The Labute approximate surface area is 128 Å². The summed E-state index contributed by atoms with van der Waals surface area (Å²) in [6.45, 7) is 4.14. The van der Waals surface area contributed by atoms with Crippen molar-refractivity contribution in [2.24, 2.45) is 0 Å². The molecule has 0 aliphatic heterocycles. The summed E-state index contributed by atoms with van der Waals surface area (Å²) in [5.41, 5.74) is 1.01. The molecule has 0 aliphatic carbocycles. The second-order valence-electron chi connectivity index (χ2n) is 4.88. The Balaban J connectivity index is 1.83. The molecule has 0 radical (unpaired) electrons. The number of carbonyl (C=O) groups is 1. The van der Waals surface area contributed by atoms with Crippen molar-refractivity contribution >= 4 is 23.5 Å². The van der Waals surface area contributed by atoms with Gasteiger partial charge >= 0.3 is 0 Å². The van der Waals surface area contributed by atoms with E-state index in [1.807, 2.05) is 30.3 Å². The van der Waals surface area contributed by atoms with Crippen molar-refractivity contribution in [1.82, 2.24) is 10.2 Å². The Morgan fingerprint density at radius 1 is 1.38 bits per heavy atom. The number of nitrogens with one attached hydrogen (secondary N) is 2. The number of amides is 1. The minimum absolute atomic E-state index is 0.0716. The fourth-order valence-corrected chi connectivity index (χ4v) is 2.39. The monoisotopic (exact) mass is 305 g/mol. The first-order valence-electron chi connectivity index (χ1n) is 6.70. The normalized spacial score (nSPS) is 10.7. The van der Waals surface area contributed by atoms with E-state index in [0.29, 0.717) is 17.5 Å². The molecule has 0 aliphatic rings. The lowest BCUT2D eigenvalue weighted by Gasteiger charge is -2.03. The number of H-pyrrole nitrogens is 1. The van der Waals surface area contributed by atoms with Gasteiger partial charge in [-0.15, -0.1) is 11.8 Å². The molecule has 0 unspecified atom stereocenters. The molecule has 1 amide bonds. The van der Waals surface area contributed by atoms with E-state index in [2.05, 4.69) is 29.4 Å². The van der Waals surface area contributed by atoms with Crippen molar-refractivity contribution in [2.75, 3.05) is 18.2 Å². The molecule has 0 bridgehead atoms. The quantitative estimate of drug-likeness (QED) is 0.804. The van der Waals surface area contributed by atoms with Crippen LogP contribution in [0.15, 0.2) is 35.2 Å². The average Bonchev–Trinajstić information content (AvgIpc) is 2.94. The zero-order valence-electron chi connectivity index (χ0n) is 12.3. The predicted octanol–water partition coefficient (Wildman–Crippen LogP) is 3.27. The van der Waals surface area contributed by atoms with Crippen LogP contribution in [0.4, 0.5) is 5.82 Å². The highest BCUT2D eigenvalue weighted by Crippen LogP contribution is 2.21. The number of aromatic amines is 1. The summed E-state index contributed by atoms with van der Waals surface area (Å²) in [7, 11) is 1.63. The number of hydrogen-bond acceptors (Lipinski definition) is 4. The number of nitrogens with zero attached hydrogens (tertiary/aromatic N) is 1. The third kappa shape index (κ3) is 4.53. The Hall–Kier alpha value is -1.95. The van der Waals surface area contributed by atoms with Crippen LogP contribution in [0.2, 0.25) is 0 Å². The number of aromatic nitrogens is 2. The number of thioether (sulfide) groups is 1. The molecule has 0 saturated carbocycles. The van der Waals surface area contributed by atoms with E-state index in [1.54, 1.807) is 7.11 Å². The maximum Gasteiger partial charge on any atom is 0.235 e. The van der Waals surface area contributed by atoms with E-state index in [1.165, 1.54) is 11.8 Å². The highest BCUT2D eigenvalue weighted by atomic mass is 32.2. The number of ether oxygens (including phenoxy) is 1. The highest BCUT2D eigenvalue weighted by Gasteiger charge is 2.08. The standard InChI is InChI=1S/C15H19N3O2S/c1-10(2)13-8-14(18-17-13)16-15(19)9-21-12-6-4-11(20-3)5-7-12/h4-8,10H,9H2,1-3H3,(H2,16,17,18,19). The lowest BCUT2D eigenvalue weighted by molar-refractivity contribution is -0.113. The molecular weight excluding hydrogens is 286 g/mol. The van der Waals surface area contributed by atoms with Crippen LogP contribution in [-0.4, -0.2) is 29.0 Å². The molecule has 0 fully saturated rings. The molecule has 6 heteroatoms. The number of hydrogen-bond donors (Lipinski definition) is 2. The van der Waals surface area contributed by atoms with Crippen LogP contribution in [-0.2, 0) is 4.79 Å². The number of carbonyl (C=O) groups excluding carboxylic acids is 1. The Kier molecular flexibility index (Phi) is 5.27. The molecule has 0 spiro atoms. The van der Waals surface area contributed by atoms with Gasteiger partial charge < -0.3 is 10.1 Å². The van der Waals surface area contributed by atoms with Gasteiger partial charge in [0.2, 0.25) is 5.91 Å². The second-order valence-corrected chi connectivity index (χ2v) is 5.92. The van der Waals surface area contributed by atoms with Gasteiger partial charge in [-0.05, 0) is 30.2 Å². The second kappa shape index (κ2) is 7.17. The molecule has 0 atom stereocenters. The lowest BCUT2D eigenvalue weighted by atomic mass is 10.1. The van der Waals surface area contributed by atoms with E-state index >= 15 is 0 Å². The number of benzene rings is 1. The maximum atomic E-state index is 11.9. The van der Waals surface area contributed by atoms with Crippen molar-refractivity contribution in [3.63, 3.8) is 0 Å². The minimum atomic E-state index is -0.0716. The number of methoxy groups -OCH3 is 1. The topological polar surface area (TPSA) is 67.0 Å². The number of rotatable bonds is 6. The van der Waals surface area contributed by atoms with Gasteiger partial charge in [0.05, 0.1) is 12.9 Å². The Morgan fingerprint density at radius 3 is 2.67 bits per heavy atom. The van der Waals surface area contributed by atoms with Crippen molar-refractivity contribution in [2.45, 2.75) is 24.7 Å². The van der Waals surface area contributed by atoms with Gasteiger partial charge in [-0.2, -0.15) is 5.10 Å². The first-order valence-corrected chi connectivity index (χ1v) is 7.69. The van der Waals surface area contributed by atoms with Gasteiger partial charge in [0, 0.05) is 16.7 Å². The SMILES string of the molecule is COc1ccc(SCC(=O)Nc2cc(C(C)C)[nH]n2)cc1. The van der Waals surface area contributed by atoms with E-state index in [0.717, 1.165) is 16.3 Å². The van der Waals surface area contributed by atoms with Gasteiger partial charge in [-0.3, -0.25) is 9.89 Å². The fraction of sp³-hybridized carbons (Fsp3) is 0.333. The maximum absolute atomic E-state index is 11.9. The van der Waals surface area contributed by atoms with Crippen molar-refractivity contribution in [3.05, 3.63) is 36.0 Å². The Bertz CT molecular complexity index is 593. The summed E-state index contributed by atoms with van der Waals surface area (Å²) in [6.07, 6.45) is 0. The van der Waals surface area contributed by atoms with Gasteiger partial charge in [-0.1, -0.05) is 13.8 Å². The molecular formula is C15H19N3O2S. The van der Waals surface area contributed by atoms with E-state index in [-0.39, 0.29) is 5.91 Å². The predicted molar refractivity (Wildman–Crippen MR) is 85.0 cm³/mol. The molecule has 0 saturated heterocycles. The first kappa shape index (κ1) is 15.4. The zero-order chi connectivity index (χ0) is 15.2. The molecule has 21 heavy (non-hydrogen) atoms. The summed E-state index contributed by atoms with van der Waals surface area (Å²) in [5, 5.41) is 9.77. The third-order valence-corrected chi connectivity index (χ3v) is 3.93. The largest absolute Gasteiger partial charge is 0.497 e. The molecule has 2 N–H and O–H groups in total. The van der Waals surface area contributed by atoms with Gasteiger partial charge in [-0.25, -0.2) is 0 Å². The van der Waals surface area contributed by atoms with E-state index in [9.17, 15) is 4.79 Å². The fourth-order valence-electron chi connectivity index (χ4n) is 1.70. The summed E-state index contributed by atoms with van der Waals surface area (Å²) < 4.78 is 5.10. The van der Waals surface area contributed by atoms with Gasteiger partial charge in [0.15, 0.2) is 5.82 Å². The zero-order valence-corrected chi connectivity index (χ0v) is 13.2. The molecule has 1 aromatic carbocycles. The summed E-state index contributed by atoms with van der Waals surface area (Å²) in [4.78, 5) is 12.9. The first-order chi connectivity index (χ1) is 10.1. The molecule has 2 aromatic rings. The minimum Gasteiger partial charge on any atom is -0.497 e. The molecule has 5 nitrogen and oxygen atoms in total. The van der Waals surface area contributed by atoms with E-state index in [4.69, 9.17) is 4.74 Å². The molecule has 1 aromatic heterocycles. The van der Waals surface area contributed by atoms with Crippen LogP contribution in [0, 0.1) is 0 Å². The van der Waals surface area contributed by atoms with Crippen molar-refractivity contribution in [3.8, 4) is 5.75 Å². The van der Waals surface area contributed by atoms with Crippen LogP contribution in [0.3, 0.4) is 0 Å². The van der Waals surface area contributed by atoms with Crippen LogP contribution < -0.4 is 10.1 Å². The van der Waals surface area contributed by atoms with Crippen LogP contribution in [0.5, 0.6) is 5.75 Å². The van der Waals surface area contributed by atoms with Gasteiger partial charge in [0.25, 0.3) is 0 Å². The van der Waals surface area contributed by atoms with E-state index < -0.39 is 0 Å². The highest BCUT2D eigenvalue weighted by molar-refractivity contribution is 8.00. The van der Waals surface area contributed by atoms with Crippen LogP contribution >= 0.6 is 11.8 Å². The van der Waals surface area contributed by atoms with Crippen molar-refractivity contribution < 1.29 is 9.53 Å². The molecule has 2 rings (SSSR count). The lowest BCUT2D eigenvalue weighted by Crippen LogP contribution is -2.14. The summed E-state index contributed by atoms with van der Waals surface area (Å²) in [6, 6.07) is 9.48. The van der Waals surface area contributed by atoms with Crippen molar-refractivity contribution in [1.29, 1.82) is 0 Å². The summed E-state index contributed by atoms with van der Waals surface area (Å²) >= 11 is 1.47. The molecule has 112 valence electrons. The Morgan fingerprint density at radius 2 is 2.10 bits per heavy atom. The smallest absolute Gasteiger partial charge is 0.235 e.